The van der Waals surface area contributed by atoms with Crippen molar-refractivity contribution in [2.45, 2.75) is 44.4 Å². The van der Waals surface area contributed by atoms with Gasteiger partial charge in [-0.2, -0.15) is 0 Å². The Morgan fingerprint density at radius 3 is 2.19 bits per heavy atom. The zero-order valence-corrected chi connectivity index (χ0v) is 12.7. The molecule has 0 aliphatic heterocycles. The zero-order chi connectivity index (χ0) is 14.3. The van der Waals surface area contributed by atoms with Gasteiger partial charge in [-0.3, -0.25) is 0 Å². The SMILES string of the molecule is C1=C([C@@H](CCc2ccccc2)c2ccccc2)CCCC1. The van der Waals surface area contributed by atoms with Crippen molar-refractivity contribution >= 4 is 0 Å². The van der Waals surface area contributed by atoms with E-state index in [2.05, 4.69) is 66.7 Å². The van der Waals surface area contributed by atoms with Gasteiger partial charge < -0.3 is 0 Å². The Hall–Kier alpha value is -1.82. The summed E-state index contributed by atoms with van der Waals surface area (Å²) in [4.78, 5) is 0. The zero-order valence-electron chi connectivity index (χ0n) is 12.7. The Morgan fingerprint density at radius 1 is 0.810 bits per heavy atom. The highest BCUT2D eigenvalue weighted by Crippen LogP contribution is 2.35. The summed E-state index contributed by atoms with van der Waals surface area (Å²) >= 11 is 0. The summed E-state index contributed by atoms with van der Waals surface area (Å²) < 4.78 is 0. The topological polar surface area (TPSA) is 0 Å². The van der Waals surface area contributed by atoms with E-state index in [0.717, 1.165) is 6.42 Å². The van der Waals surface area contributed by atoms with Crippen LogP contribution in [0.15, 0.2) is 72.3 Å². The summed E-state index contributed by atoms with van der Waals surface area (Å²) in [5, 5.41) is 0. The molecule has 0 unspecified atom stereocenters. The van der Waals surface area contributed by atoms with Crippen molar-refractivity contribution in [1.82, 2.24) is 0 Å². The first kappa shape index (κ1) is 14.1. The average Bonchev–Trinajstić information content (AvgIpc) is 2.58. The molecule has 108 valence electrons. The van der Waals surface area contributed by atoms with Crippen molar-refractivity contribution in [2.75, 3.05) is 0 Å². The van der Waals surface area contributed by atoms with Gasteiger partial charge in [0.15, 0.2) is 0 Å². The summed E-state index contributed by atoms with van der Waals surface area (Å²) in [7, 11) is 0. The highest BCUT2D eigenvalue weighted by molar-refractivity contribution is 5.30. The molecule has 2 aromatic rings. The number of hydrogen-bond acceptors (Lipinski definition) is 0. The highest BCUT2D eigenvalue weighted by Gasteiger charge is 2.18. The largest absolute Gasteiger partial charge is 0.0847 e. The van der Waals surface area contributed by atoms with Crippen molar-refractivity contribution in [3.63, 3.8) is 0 Å². The van der Waals surface area contributed by atoms with Crippen molar-refractivity contribution in [3.8, 4) is 0 Å². The first-order chi connectivity index (χ1) is 10.4. The Balaban J connectivity index is 1.77. The molecule has 0 amide bonds. The van der Waals surface area contributed by atoms with Crippen LogP contribution >= 0.6 is 0 Å². The van der Waals surface area contributed by atoms with Crippen molar-refractivity contribution < 1.29 is 0 Å². The van der Waals surface area contributed by atoms with Crippen LogP contribution in [0.25, 0.3) is 0 Å². The number of allylic oxidation sites excluding steroid dienone is 2. The van der Waals surface area contributed by atoms with Gasteiger partial charge in [-0.25, -0.2) is 0 Å². The summed E-state index contributed by atoms with van der Waals surface area (Å²) in [5.74, 6) is 0.603. The molecule has 3 rings (SSSR count). The van der Waals surface area contributed by atoms with Crippen molar-refractivity contribution in [1.29, 1.82) is 0 Å². The lowest BCUT2D eigenvalue weighted by molar-refractivity contribution is 0.610. The van der Waals surface area contributed by atoms with Crippen molar-refractivity contribution in [2.24, 2.45) is 0 Å². The standard InChI is InChI=1S/C21H24/c1-4-10-18(11-5-1)16-17-21(19-12-6-2-7-13-19)20-14-8-3-9-15-20/h1-2,4-7,10-14,21H,3,8-9,15-17H2/t21-/m0/s1. The van der Waals surface area contributed by atoms with E-state index in [4.69, 9.17) is 0 Å². The fourth-order valence-corrected chi connectivity index (χ4v) is 3.39. The molecule has 0 radical (unpaired) electrons. The van der Waals surface area contributed by atoms with E-state index in [1.807, 2.05) is 0 Å². The van der Waals surface area contributed by atoms with E-state index in [-0.39, 0.29) is 0 Å². The fraction of sp³-hybridized carbons (Fsp3) is 0.333. The van der Waals surface area contributed by atoms with Crippen LogP contribution < -0.4 is 0 Å². The minimum atomic E-state index is 0.603. The predicted octanol–water partition coefficient (Wildman–Crippen LogP) is 5.90. The molecule has 21 heavy (non-hydrogen) atoms. The predicted molar refractivity (Wildman–Crippen MR) is 90.5 cm³/mol. The molecule has 0 N–H and O–H groups in total. The molecule has 0 saturated heterocycles. The molecule has 1 atom stereocenters. The lowest BCUT2D eigenvalue weighted by atomic mass is 9.81. The normalized spacial score (nSPS) is 16.3. The monoisotopic (exact) mass is 276 g/mol. The van der Waals surface area contributed by atoms with E-state index >= 15 is 0 Å². The second-order valence-electron chi connectivity index (χ2n) is 6.01. The maximum Gasteiger partial charge on any atom is 0.00513 e. The van der Waals surface area contributed by atoms with Gasteiger partial charge in [-0.05, 0) is 49.7 Å². The van der Waals surface area contributed by atoms with Gasteiger partial charge in [-0.15, -0.1) is 0 Å². The number of benzene rings is 2. The van der Waals surface area contributed by atoms with Crippen LogP contribution in [-0.4, -0.2) is 0 Å². The van der Waals surface area contributed by atoms with Crippen LogP contribution in [0.1, 0.15) is 49.1 Å². The number of rotatable bonds is 5. The van der Waals surface area contributed by atoms with Crippen LogP contribution in [-0.2, 0) is 6.42 Å². The summed E-state index contributed by atoms with van der Waals surface area (Å²) in [5.41, 5.74) is 4.61. The van der Waals surface area contributed by atoms with Gasteiger partial charge >= 0.3 is 0 Å². The molecule has 0 nitrogen and oxygen atoms in total. The first-order valence-corrected chi connectivity index (χ1v) is 8.21. The lowest BCUT2D eigenvalue weighted by Crippen LogP contribution is -2.07. The van der Waals surface area contributed by atoms with Gasteiger partial charge in [-0.1, -0.05) is 72.3 Å². The second-order valence-corrected chi connectivity index (χ2v) is 6.01. The minimum absolute atomic E-state index is 0.603. The Labute approximate surface area is 128 Å². The maximum atomic E-state index is 2.51. The number of aryl methyl sites for hydroxylation is 1. The van der Waals surface area contributed by atoms with Gasteiger partial charge in [0.1, 0.15) is 0 Å². The van der Waals surface area contributed by atoms with Gasteiger partial charge in [0, 0.05) is 5.92 Å². The Kier molecular flexibility index (Phi) is 4.89. The van der Waals surface area contributed by atoms with E-state index in [1.54, 1.807) is 5.57 Å². The molecule has 0 heteroatoms. The van der Waals surface area contributed by atoms with Crippen LogP contribution in [0, 0.1) is 0 Å². The van der Waals surface area contributed by atoms with Gasteiger partial charge in [0.25, 0.3) is 0 Å². The molecule has 0 aromatic heterocycles. The molecule has 0 heterocycles. The smallest absolute Gasteiger partial charge is 0.00513 e. The van der Waals surface area contributed by atoms with E-state index in [1.165, 1.54) is 43.2 Å². The van der Waals surface area contributed by atoms with Crippen LogP contribution in [0.3, 0.4) is 0 Å². The molecular formula is C21H24. The summed E-state index contributed by atoms with van der Waals surface area (Å²) in [6.07, 6.45) is 10.2. The third-order valence-corrected chi connectivity index (χ3v) is 4.54. The third kappa shape index (κ3) is 3.85. The highest BCUT2D eigenvalue weighted by atomic mass is 14.2. The quantitative estimate of drug-likeness (QED) is 0.596. The van der Waals surface area contributed by atoms with Gasteiger partial charge in [0.05, 0.1) is 0 Å². The third-order valence-electron chi connectivity index (χ3n) is 4.54. The Bertz CT molecular complexity index is 566. The van der Waals surface area contributed by atoms with Crippen LogP contribution in [0.5, 0.6) is 0 Å². The Morgan fingerprint density at radius 2 is 1.52 bits per heavy atom. The van der Waals surface area contributed by atoms with Crippen LogP contribution in [0.2, 0.25) is 0 Å². The first-order valence-electron chi connectivity index (χ1n) is 8.21. The molecule has 0 spiro atoms. The molecular weight excluding hydrogens is 252 g/mol. The molecule has 0 saturated carbocycles. The minimum Gasteiger partial charge on any atom is -0.0847 e. The van der Waals surface area contributed by atoms with E-state index in [9.17, 15) is 0 Å². The van der Waals surface area contributed by atoms with Crippen molar-refractivity contribution in [3.05, 3.63) is 83.4 Å². The molecule has 1 aliphatic rings. The van der Waals surface area contributed by atoms with Crippen LogP contribution in [0.4, 0.5) is 0 Å². The maximum absolute atomic E-state index is 2.51. The molecule has 2 aromatic carbocycles. The van der Waals surface area contributed by atoms with Gasteiger partial charge in [0.2, 0.25) is 0 Å². The lowest BCUT2D eigenvalue weighted by Gasteiger charge is -2.24. The summed E-state index contributed by atoms with van der Waals surface area (Å²) in [6, 6.07) is 21.9. The number of hydrogen-bond donors (Lipinski definition) is 0. The molecule has 0 bridgehead atoms. The van der Waals surface area contributed by atoms with E-state index in [0.29, 0.717) is 5.92 Å². The second kappa shape index (κ2) is 7.26. The summed E-state index contributed by atoms with van der Waals surface area (Å²) in [6.45, 7) is 0. The van der Waals surface area contributed by atoms with E-state index < -0.39 is 0 Å². The fourth-order valence-electron chi connectivity index (χ4n) is 3.39. The average molecular weight is 276 g/mol. The molecule has 1 aliphatic carbocycles. The molecule has 0 fully saturated rings.